The maximum atomic E-state index is 11.8. The van der Waals surface area contributed by atoms with Crippen LogP contribution in [0.3, 0.4) is 0 Å². The SMILES string of the molecule is CCOC(=O)C(O)(Br)c1ccc(C2CCCCC2)c(Cl)c1. The molecule has 21 heavy (non-hydrogen) atoms. The average Bonchev–Trinajstić information content (AvgIpc) is 2.48. The molecule has 1 atom stereocenters. The monoisotopic (exact) mass is 374 g/mol. The van der Waals surface area contributed by atoms with Crippen LogP contribution in [-0.4, -0.2) is 17.7 Å². The highest BCUT2D eigenvalue weighted by Gasteiger charge is 2.37. The molecule has 116 valence electrons. The summed E-state index contributed by atoms with van der Waals surface area (Å²) in [5.74, 6) is -0.252. The molecule has 0 saturated heterocycles. The van der Waals surface area contributed by atoms with Crippen molar-refractivity contribution in [3.63, 3.8) is 0 Å². The number of esters is 1. The molecule has 0 spiro atoms. The number of carbonyl (C=O) groups is 1. The summed E-state index contributed by atoms with van der Waals surface area (Å²) in [5, 5.41) is 10.9. The number of alkyl halides is 1. The van der Waals surface area contributed by atoms with Gasteiger partial charge in [0.15, 0.2) is 0 Å². The largest absolute Gasteiger partial charge is 0.463 e. The summed E-state index contributed by atoms with van der Waals surface area (Å²) in [5.41, 5.74) is 1.50. The zero-order valence-corrected chi connectivity index (χ0v) is 14.4. The Balaban J connectivity index is 2.23. The molecule has 0 bridgehead atoms. The average molecular weight is 376 g/mol. The smallest absolute Gasteiger partial charge is 0.354 e. The maximum Gasteiger partial charge on any atom is 0.354 e. The third-order valence-electron chi connectivity index (χ3n) is 3.97. The van der Waals surface area contributed by atoms with Crippen molar-refractivity contribution in [2.24, 2.45) is 0 Å². The van der Waals surface area contributed by atoms with E-state index in [2.05, 4.69) is 15.9 Å². The van der Waals surface area contributed by atoms with Gasteiger partial charge in [-0.1, -0.05) is 43.0 Å². The predicted octanol–water partition coefficient (Wildman–Crippen LogP) is 4.49. The topological polar surface area (TPSA) is 46.5 Å². The number of ether oxygens (including phenoxy) is 1. The van der Waals surface area contributed by atoms with Crippen LogP contribution in [0.25, 0.3) is 0 Å². The minimum atomic E-state index is -1.85. The van der Waals surface area contributed by atoms with Crippen LogP contribution in [0.1, 0.15) is 56.1 Å². The van der Waals surface area contributed by atoms with Crippen molar-refractivity contribution in [1.29, 1.82) is 0 Å². The number of hydrogen-bond donors (Lipinski definition) is 1. The van der Waals surface area contributed by atoms with E-state index in [9.17, 15) is 9.90 Å². The summed E-state index contributed by atoms with van der Waals surface area (Å²) in [6.45, 7) is 1.90. The molecule has 1 aromatic rings. The molecule has 0 aliphatic heterocycles. The normalized spacial score (nSPS) is 19.0. The van der Waals surface area contributed by atoms with Crippen LogP contribution in [-0.2, 0) is 14.0 Å². The highest BCUT2D eigenvalue weighted by molar-refractivity contribution is 9.10. The van der Waals surface area contributed by atoms with E-state index in [4.69, 9.17) is 16.3 Å². The standard InChI is InChI=1S/C16H20BrClO3/c1-2-21-15(19)16(17,20)12-8-9-13(14(18)10-12)11-6-4-3-5-7-11/h8-11,20H,2-7H2,1H3. The number of benzene rings is 1. The van der Waals surface area contributed by atoms with Crippen molar-refractivity contribution < 1.29 is 14.6 Å². The van der Waals surface area contributed by atoms with Crippen LogP contribution in [0, 0.1) is 0 Å². The van der Waals surface area contributed by atoms with E-state index in [1.807, 2.05) is 6.07 Å². The third-order valence-corrected chi connectivity index (χ3v) is 5.08. The lowest BCUT2D eigenvalue weighted by molar-refractivity contribution is -0.155. The number of halogens is 2. The van der Waals surface area contributed by atoms with Crippen molar-refractivity contribution in [1.82, 2.24) is 0 Å². The van der Waals surface area contributed by atoms with E-state index in [0.29, 0.717) is 16.5 Å². The lowest BCUT2D eigenvalue weighted by Crippen LogP contribution is -2.31. The molecule has 0 radical (unpaired) electrons. The van der Waals surface area contributed by atoms with Crippen LogP contribution in [0.4, 0.5) is 0 Å². The van der Waals surface area contributed by atoms with Gasteiger partial charge in [0.1, 0.15) is 0 Å². The first-order valence-corrected chi connectivity index (χ1v) is 8.52. The first-order chi connectivity index (χ1) is 9.96. The molecule has 0 amide bonds. The molecule has 2 rings (SSSR count). The fourth-order valence-corrected chi connectivity index (χ4v) is 3.52. The van der Waals surface area contributed by atoms with Crippen LogP contribution < -0.4 is 0 Å². The summed E-state index contributed by atoms with van der Waals surface area (Å²) in [4.78, 5) is 11.8. The highest BCUT2D eigenvalue weighted by Crippen LogP contribution is 2.39. The summed E-state index contributed by atoms with van der Waals surface area (Å²) >= 11 is 9.40. The highest BCUT2D eigenvalue weighted by atomic mass is 79.9. The predicted molar refractivity (Wildman–Crippen MR) is 86.7 cm³/mol. The van der Waals surface area contributed by atoms with Gasteiger partial charge in [-0.15, -0.1) is 0 Å². The summed E-state index contributed by atoms with van der Waals surface area (Å²) < 4.78 is 3.02. The summed E-state index contributed by atoms with van der Waals surface area (Å²) in [7, 11) is 0. The van der Waals surface area contributed by atoms with Crippen molar-refractivity contribution in [3.8, 4) is 0 Å². The minimum absolute atomic E-state index is 0.209. The van der Waals surface area contributed by atoms with Crippen LogP contribution >= 0.6 is 27.5 Å². The van der Waals surface area contributed by atoms with E-state index in [1.165, 1.54) is 19.3 Å². The van der Waals surface area contributed by atoms with Gasteiger partial charge in [-0.25, -0.2) is 4.79 Å². The van der Waals surface area contributed by atoms with Gasteiger partial charge in [-0.3, -0.25) is 0 Å². The number of aliphatic hydroxyl groups is 1. The van der Waals surface area contributed by atoms with Crippen molar-refractivity contribution in [2.45, 2.75) is 49.5 Å². The summed E-state index contributed by atoms with van der Waals surface area (Å²) in [6, 6.07) is 5.30. The van der Waals surface area contributed by atoms with Gasteiger partial charge < -0.3 is 9.84 Å². The lowest BCUT2D eigenvalue weighted by atomic mass is 9.83. The van der Waals surface area contributed by atoms with Crippen molar-refractivity contribution >= 4 is 33.5 Å². The van der Waals surface area contributed by atoms with E-state index < -0.39 is 10.5 Å². The fraction of sp³-hybridized carbons (Fsp3) is 0.562. The molecule has 1 aliphatic rings. The molecule has 1 N–H and O–H groups in total. The number of rotatable bonds is 4. The molecule has 3 nitrogen and oxygen atoms in total. The first kappa shape index (κ1) is 16.8. The van der Waals surface area contributed by atoms with Gasteiger partial charge in [-0.2, -0.15) is 0 Å². The second-order valence-corrected chi connectivity index (χ2v) is 6.97. The molecule has 0 heterocycles. The molecule has 1 aromatic carbocycles. The lowest BCUT2D eigenvalue weighted by Gasteiger charge is -2.25. The van der Waals surface area contributed by atoms with E-state index in [0.717, 1.165) is 18.4 Å². The molecule has 0 aromatic heterocycles. The first-order valence-electron chi connectivity index (χ1n) is 7.35. The quantitative estimate of drug-likeness (QED) is 0.623. The zero-order valence-electron chi connectivity index (χ0n) is 12.1. The van der Waals surface area contributed by atoms with Gasteiger partial charge in [0, 0.05) is 10.6 Å². The van der Waals surface area contributed by atoms with Gasteiger partial charge in [-0.05, 0) is 53.2 Å². The Hall–Kier alpha value is -0.580. The zero-order chi connectivity index (χ0) is 15.5. The Bertz CT molecular complexity index is 510. The van der Waals surface area contributed by atoms with Gasteiger partial charge in [0.25, 0.3) is 0 Å². The number of hydrogen-bond acceptors (Lipinski definition) is 3. The van der Waals surface area contributed by atoms with Gasteiger partial charge in [0.05, 0.1) is 6.61 Å². The molecule has 1 saturated carbocycles. The van der Waals surface area contributed by atoms with Crippen LogP contribution in [0.5, 0.6) is 0 Å². The Labute approximate surface area is 138 Å². The number of carbonyl (C=O) groups excluding carboxylic acids is 1. The Morgan fingerprint density at radius 1 is 1.43 bits per heavy atom. The second kappa shape index (κ2) is 7.12. The second-order valence-electron chi connectivity index (χ2n) is 5.41. The molecule has 1 fully saturated rings. The maximum absolute atomic E-state index is 11.8. The third kappa shape index (κ3) is 3.79. The Kier molecular flexibility index (Phi) is 5.69. The van der Waals surface area contributed by atoms with Crippen molar-refractivity contribution in [3.05, 3.63) is 34.3 Å². The Morgan fingerprint density at radius 3 is 2.67 bits per heavy atom. The van der Waals surface area contributed by atoms with Crippen LogP contribution in [0.15, 0.2) is 18.2 Å². The van der Waals surface area contributed by atoms with Gasteiger partial charge >= 0.3 is 5.97 Å². The Morgan fingerprint density at radius 2 is 2.10 bits per heavy atom. The molecule has 1 unspecified atom stereocenters. The molecular formula is C16H20BrClO3. The van der Waals surface area contributed by atoms with Crippen molar-refractivity contribution in [2.75, 3.05) is 6.61 Å². The van der Waals surface area contributed by atoms with E-state index in [1.54, 1.807) is 19.1 Å². The van der Waals surface area contributed by atoms with E-state index in [-0.39, 0.29) is 6.61 Å². The van der Waals surface area contributed by atoms with Crippen LogP contribution in [0.2, 0.25) is 5.02 Å². The fourth-order valence-electron chi connectivity index (χ4n) is 2.82. The molecule has 1 aliphatic carbocycles. The summed E-state index contributed by atoms with van der Waals surface area (Å²) in [6.07, 6.45) is 6.04. The van der Waals surface area contributed by atoms with E-state index >= 15 is 0 Å². The molecular weight excluding hydrogens is 356 g/mol. The van der Waals surface area contributed by atoms with Gasteiger partial charge in [0.2, 0.25) is 4.51 Å². The molecule has 5 heteroatoms. The minimum Gasteiger partial charge on any atom is -0.463 e.